The van der Waals surface area contributed by atoms with Gasteiger partial charge in [-0.3, -0.25) is 9.48 Å². The summed E-state index contributed by atoms with van der Waals surface area (Å²) in [6.45, 7) is 6.86. The molecule has 1 aliphatic rings. The molecule has 0 atom stereocenters. The summed E-state index contributed by atoms with van der Waals surface area (Å²) in [6, 6.07) is 9.25. The molecule has 0 saturated heterocycles. The molecule has 122 valence electrons. The van der Waals surface area contributed by atoms with E-state index in [-0.39, 0.29) is 18.2 Å². The predicted octanol–water partition coefficient (Wildman–Crippen LogP) is 2.76. The van der Waals surface area contributed by atoms with Gasteiger partial charge < -0.3 is 5.32 Å². The number of aliphatic imine (C=N–C) groups is 1. The van der Waals surface area contributed by atoms with Gasteiger partial charge in [-0.25, -0.2) is 4.99 Å². The zero-order valence-corrected chi connectivity index (χ0v) is 14.0. The molecule has 24 heavy (non-hydrogen) atoms. The number of hydrogen-bond donors (Lipinski definition) is 1. The number of aromatic nitrogens is 2. The van der Waals surface area contributed by atoms with Crippen LogP contribution in [0.5, 0.6) is 0 Å². The van der Waals surface area contributed by atoms with Crippen LogP contribution in [0.25, 0.3) is 0 Å². The molecule has 6 heteroatoms. The third kappa shape index (κ3) is 2.69. The van der Waals surface area contributed by atoms with Crippen LogP contribution in [0.2, 0.25) is 0 Å². The molecule has 2 aromatic rings. The number of ketones is 1. The largest absolute Gasteiger partial charge is 0.362 e. The van der Waals surface area contributed by atoms with E-state index in [4.69, 9.17) is 10.3 Å². The van der Waals surface area contributed by atoms with Crippen LogP contribution < -0.4 is 5.32 Å². The molecule has 0 unspecified atom stereocenters. The van der Waals surface area contributed by atoms with Crippen molar-refractivity contribution in [2.24, 2.45) is 4.99 Å². The van der Waals surface area contributed by atoms with E-state index in [2.05, 4.69) is 16.5 Å². The van der Waals surface area contributed by atoms with E-state index in [1.807, 2.05) is 32.9 Å². The highest BCUT2D eigenvalue weighted by atomic mass is 16.1. The first kappa shape index (κ1) is 15.9. The van der Waals surface area contributed by atoms with E-state index in [1.54, 1.807) is 16.8 Å². The number of nitrogens with one attached hydrogen (secondary N) is 1. The molecular formula is C18H19N5O. The fraction of sp³-hybridized carbons (Fsp3) is 0.333. The Morgan fingerprint density at radius 3 is 2.62 bits per heavy atom. The first-order chi connectivity index (χ1) is 11.5. The lowest BCUT2D eigenvalue weighted by Crippen LogP contribution is -2.29. The Kier molecular flexibility index (Phi) is 4.17. The molecule has 6 nitrogen and oxygen atoms in total. The Morgan fingerprint density at radius 1 is 1.33 bits per heavy atom. The second-order valence-corrected chi connectivity index (χ2v) is 5.98. The van der Waals surface area contributed by atoms with Gasteiger partial charge in [-0.2, -0.15) is 10.4 Å². The van der Waals surface area contributed by atoms with Gasteiger partial charge in [-0.15, -0.1) is 0 Å². The highest BCUT2D eigenvalue weighted by Gasteiger charge is 2.27. The van der Waals surface area contributed by atoms with Gasteiger partial charge in [-0.05, 0) is 37.1 Å². The Hall–Kier alpha value is -2.94. The van der Waals surface area contributed by atoms with Crippen molar-refractivity contribution in [3.05, 3.63) is 46.8 Å². The van der Waals surface area contributed by atoms with Crippen LogP contribution in [0.15, 0.2) is 29.3 Å². The standard InChI is InChI=1S/C18H19N5O/c1-4-23-17-14(24)10-20-18(13-7-5-12(9-19)6-8-13)21-16(17)15(22-23)11(2)3/h5-8,11H,4,10H2,1-3H3,(H,20,21). The van der Waals surface area contributed by atoms with Crippen LogP contribution in [0, 0.1) is 11.3 Å². The number of carbonyl (C=O) groups is 1. The molecule has 0 saturated carbocycles. The van der Waals surface area contributed by atoms with Gasteiger partial charge in [0.05, 0.1) is 23.9 Å². The molecule has 3 rings (SSSR count). The normalized spacial score (nSPS) is 13.8. The van der Waals surface area contributed by atoms with Crippen molar-refractivity contribution < 1.29 is 4.79 Å². The predicted molar refractivity (Wildman–Crippen MR) is 91.7 cm³/mol. The Balaban J connectivity index is 2.15. The van der Waals surface area contributed by atoms with Crippen LogP contribution in [0.3, 0.4) is 0 Å². The summed E-state index contributed by atoms with van der Waals surface area (Å²) in [5, 5.41) is 16.6. The van der Waals surface area contributed by atoms with Crippen molar-refractivity contribution in [1.82, 2.24) is 15.1 Å². The lowest BCUT2D eigenvalue weighted by Gasteiger charge is -2.07. The van der Waals surface area contributed by atoms with Gasteiger partial charge in [0.2, 0.25) is 5.78 Å². The molecule has 0 fully saturated rings. The van der Waals surface area contributed by atoms with Gasteiger partial charge in [0, 0.05) is 12.1 Å². The molecule has 1 aromatic carbocycles. The molecule has 1 aliphatic heterocycles. The van der Waals surface area contributed by atoms with E-state index in [0.717, 1.165) is 11.3 Å². The Labute approximate surface area is 140 Å². The molecule has 0 aliphatic carbocycles. The molecule has 1 N–H and O–H groups in total. The highest BCUT2D eigenvalue weighted by molar-refractivity contribution is 6.10. The SMILES string of the molecule is CCn1nc(C(C)C)c2c1C(=O)CNC(c1ccc(C#N)cc1)=N2. The van der Waals surface area contributed by atoms with Gasteiger partial charge in [-0.1, -0.05) is 13.8 Å². The number of amidine groups is 1. The molecule has 2 heterocycles. The van der Waals surface area contributed by atoms with Gasteiger partial charge in [0.1, 0.15) is 17.2 Å². The topological polar surface area (TPSA) is 83.1 Å². The number of Topliss-reactive ketones (excluding diaryl/α,β-unsaturated/α-hetero) is 1. The second kappa shape index (κ2) is 6.28. The zero-order chi connectivity index (χ0) is 17.3. The summed E-state index contributed by atoms with van der Waals surface area (Å²) < 4.78 is 1.74. The number of nitriles is 1. The van der Waals surface area contributed by atoms with Crippen LogP contribution in [-0.2, 0) is 6.54 Å². The van der Waals surface area contributed by atoms with Gasteiger partial charge >= 0.3 is 0 Å². The lowest BCUT2D eigenvalue weighted by atomic mass is 10.1. The third-order valence-corrected chi connectivity index (χ3v) is 3.99. The fourth-order valence-electron chi connectivity index (χ4n) is 2.74. The van der Waals surface area contributed by atoms with Crippen molar-refractivity contribution >= 4 is 17.3 Å². The maximum atomic E-state index is 12.6. The molecule has 0 radical (unpaired) electrons. The number of carbonyl (C=O) groups excluding carboxylic acids is 1. The number of aryl methyl sites for hydroxylation is 1. The summed E-state index contributed by atoms with van der Waals surface area (Å²) in [4.78, 5) is 17.3. The van der Waals surface area contributed by atoms with Crippen molar-refractivity contribution in [2.75, 3.05) is 6.54 Å². The maximum absolute atomic E-state index is 12.6. The number of benzene rings is 1. The minimum absolute atomic E-state index is 0.0151. The van der Waals surface area contributed by atoms with Gasteiger partial charge in [0.25, 0.3) is 0 Å². The Morgan fingerprint density at radius 2 is 2.04 bits per heavy atom. The summed E-state index contributed by atoms with van der Waals surface area (Å²) in [6.07, 6.45) is 0. The molecule has 0 bridgehead atoms. The average molecular weight is 321 g/mol. The third-order valence-electron chi connectivity index (χ3n) is 3.99. The van der Waals surface area contributed by atoms with E-state index < -0.39 is 0 Å². The van der Waals surface area contributed by atoms with E-state index in [9.17, 15) is 4.79 Å². The van der Waals surface area contributed by atoms with Crippen molar-refractivity contribution in [2.45, 2.75) is 33.2 Å². The first-order valence-electron chi connectivity index (χ1n) is 8.02. The maximum Gasteiger partial charge on any atom is 0.202 e. The summed E-state index contributed by atoms with van der Waals surface area (Å²) in [5.41, 5.74) is 3.48. The van der Waals surface area contributed by atoms with E-state index in [1.165, 1.54) is 0 Å². The second-order valence-electron chi connectivity index (χ2n) is 5.98. The van der Waals surface area contributed by atoms with E-state index in [0.29, 0.717) is 29.3 Å². The molecule has 0 amide bonds. The zero-order valence-electron chi connectivity index (χ0n) is 14.0. The summed E-state index contributed by atoms with van der Waals surface area (Å²) >= 11 is 0. The van der Waals surface area contributed by atoms with Crippen LogP contribution >= 0.6 is 0 Å². The Bertz CT molecular complexity index is 853. The number of fused-ring (bicyclic) bond motifs is 1. The average Bonchev–Trinajstić information content (AvgIpc) is 2.88. The summed E-state index contributed by atoms with van der Waals surface area (Å²) in [7, 11) is 0. The smallest absolute Gasteiger partial charge is 0.202 e. The minimum Gasteiger partial charge on any atom is -0.362 e. The van der Waals surface area contributed by atoms with Crippen molar-refractivity contribution in [3.8, 4) is 6.07 Å². The molecule has 1 aromatic heterocycles. The molecular weight excluding hydrogens is 302 g/mol. The summed E-state index contributed by atoms with van der Waals surface area (Å²) in [5.74, 6) is 0.784. The van der Waals surface area contributed by atoms with Crippen molar-refractivity contribution in [3.63, 3.8) is 0 Å². The van der Waals surface area contributed by atoms with E-state index >= 15 is 0 Å². The van der Waals surface area contributed by atoms with Crippen LogP contribution in [-0.4, -0.2) is 27.9 Å². The number of nitrogens with zero attached hydrogens (tertiary/aromatic N) is 4. The van der Waals surface area contributed by atoms with Crippen LogP contribution in [0.4, 0.5) is 5.69 Å². The molecule has 0 spiro atoms. The monoisotopic (exact) mass is 321 g/mol. The number of rotatable bonds is 3. The quantitative estimate of drug-likeness (QED) is 0.942. The fourth-order valence-corrected chi connectivity index (χ4v) is 2.74. The minimum atomic E-state index is -0.0151. The lowest BCUT2D eigenvalue weighted by molar-refractivity contribution is 0.0988. The highest BCUT2D eigenvalue weighted by Crippen LogP contribution is 2.32. The first-order valence-corrected chi connectivity index (χ1v) is 8.02. The number of hydrogen-bond acceptors (Lipinski definition) is 5. The van der Waals surface area contributed by atoms with Gasteiger partial charge in [0.15, 0.2) is 0 Å². The van der Waals surface area contributed by atoms with Crippen LogP contribution in [0.1, 0.15) is 54.0 Å². The van der Waals surface area contributed by atoms with Crippen molar-refractivity contribution in [1.29, 1.82) is 5.26 Å².